The van der Waals surface area contributed by atoms with Crippen molar-refractivity contribution >= 4 is 17.8 Å². The van der Waals surface area contributed by atoms with E-state index in [1.54, 1.807) is 0 Å². The van der Waals surface area contributed by atoms with Crippen molar-refractivity contribution in [3.8, 4) is 0 Å². The molecule has 1 aromatic carbocycles. The van der Waals surface area contributed by atoms with E-state index >= 15 is 0 Å². The van der Waals surface area contributed by atoms with Gasteiger partial charge in [0.05, 0.1) is 5.56 Å². The summed E-state index contributed by atoms with van der Waals surface area (Å²) in [6.45, 7) is 0.366. The molecule has 1 aliphatic heterocycles. The molecule has 2 amide bonds. The van der Waals surface area contributed by atoms with Crippen LogP contribution in [0.5, 0.6) is 0 Å². The van der Waals surface area contributed by atoms with E-state index in [0.29, 0.717) is 24.9 Å². The first-order valence-electron chi connectivity index (χ1n) is 8.63. The highest BCUT2D eigenvalue weighted by Gasteiger charge is 2.57. The fraction of sp³-hybridized carbons (Fsp3) is 0.500. The lowest BCUT2D eigenvalue weighted by molar-refractivity contribution is -0.151. The lowest BCUT2D eigenvalue weighted by atomic mass is 10.0. The molecular weight excluding hydrogens is 365 g/mol. The van der Waals surface area contributed by atoms with Crippen LogP contribution in [0.3, 0.4) is 0 Å². The van der Waals surface area contributed by atoms with Gasteiger partial charge in [0.2, 0.25) is 11.8 Å². The average molecular weight is 384 g/mol. The molecule has 9 heteroatoms. The van der Waals surface area contributed by atoms with Gasteiger partial charge in [-0.3, -0.25) is 14.4 Å². The van der Waals surface area contributed by atoms with Crippen LogP contribution in [0.15, 0.2) is 24.3 Å². The molecule has 146 valence electrons. The molecule has 1 atom stereocenters. The third-order valence-electron chi connectivity index (χ3n) is 5.06. The lowest BCUT2D eigenvalue weighted by Crippen LogP contribution is -2.54. The summed E-state index contributed by atoms with van der Waals surface area (Å²) in [6.07, 6.45) is -3.05. The maximum Gasteiger partial charge on any atom is 0.416 e. The van der Waals surface area contributed by atoms with Crippen molar-refractivity contribution in [2.75, 3.05) is 6.54 Å². The number of rotatable bonds is 5. The van der Waals surface area contributed by atoms with Crippen molar-refractivity contribution in [1.29, 1.82) is 0 Å². The monoisotopic (exact) mass is 384 g/mol. The molecule has 0 radical (unpaired) electrons. The number of amides is 2. The summed E-state index contributed by atoms with van der Waals surface area (Å²) in [5.74, 6) is -2.29. The number of carbonyl (C=O) groups is 3. The largest absolute Gasteiger partial charge is 0.480 e. The molecule has 1 aliphatic carbocycles. The van der Waals surface area contributed by atoms with Crippen LogP contribution in [0.25, 0.3) is 0 Å². The van der Waals surface area contributed by atoms with Crippen LogP contribution in [0.4, 0.5) is 13.2 Å². The number of carboxylic acids is 1. The second kappa shape index (κ2) is 6.86. The van der Waals surface area contributed by atoms with E-state index in [2.05, 4.69) is 5.32 Å². The van der Waals surface area contributed by atoms with Crippen molar-refractivity contribution in [2.45, 2.75) is 44.4 Å². The molecule has 1 saturated carbocycles. The Balaban J connectivity index is 1.67. The maximum absolute atomic E-state index is 12.8. The molecular formula is C18H19F3N2O4. The van der Waals surface area contributed by atoms with Gasteiger partial charge >= 0.3 is 12.1 Å². The van der Waals surface area contributed by atoms with Gasteiger partial charge in [-0.2, -0.15) is 13.2 Å². The number of halogens is 3. The van der Waals surface area contributed by atoms with Crippen LogP contribution in [0.1, 0.15) is 36.8 Å². The fourth-order valence-corrected chi connectivity index (χ4v) is 3.26. The van der Waals surface area contributed by atoms with Crippen LogP contribution in [0.2, 0.25) is 0 Å². The van der Waals surface area contributed by atoms with Crippen molar-refractivity contribution in [3.05, 3.63) is 35.4 Å². The molecule has 6 nitrogen and oxygen atoms in total. The third-order valence-corrected chi connectivity index (χ3v) is 5.06. The Kier molecular flexibility index (Phi) is 4.88. The minimum absolute atomic E-state index is 0.000796. The normalized spacial score (nSPS) is 21.7. The van der Waals surface area contributed by atoms with Gasteiger partial charge in [-0.15, -0.1) is 0 Å². The zero-order valence-corrected chi connectivity index (χ0v) is 14.4. The quantitative estimate of drug-likeness (QED) is 0.762. The van der Waals surface area contributed by atoms with E-state index in [1.165, 1.54) is 17.0 Å². The standard InChI is InChI=1S/C18H19F3N2O4/c19-18(20,21)12-4-1-3-11(9-12)10-23-8-2-5-13(14(23)24)22-15(25)17(6-7-17)16(26)27/h1,3-4,9,13H,2,5-8,10H2,(H,22,25)(H,26,27). The molecule has 0 aromatic heterocycles. The van der Waals surface area contributed by atoms with Gasteiger partial charge in [0.1, 0.15) is 11.5 Å². The fourth-order valence-electron chi connectivity index (χ4n) is 3.26. The van der Waals surface area contributed by atoms with E-state index in [0.717, 1.165) is 12.1 Å². The van der Waals surface area contributed by atoms with Gasteiger partial charge in [-0.05, 0) is 43.4 Å². The van der Waals surface area contributed by atoms with Crippen LogP contribution in [-0.4, -0.2) is 40.4 Å². The molecule has 2 fully saturated rings. The second-order valence-electron chi connectivity index (χ2n) is 7.01. The smallest absolute Gasteiger partial charge is 0.416 e. The first-order chi connectivity index (χ1) is 12.6. The third kappa shape index (κ3) is 3.91. The maximum atomic E-state index is 12.8. The molecule has 2 N–H and O–H groups in total. The number of carboxylic acid groups (broad SMARTS) is 1. The van der Waals surface area contributed by atoms with E-state index in [4.69, 9.17) is 5.11 Å². The summed E-state index contributed by atoms with van der Waals surface area (Å²) in [7, 11) is 0. The summed E-state index contributed by atoms with van der Waals surface area (Å²) < 4.78 is 38.5. The van der Waals surface area contributed by atoms with Crippen molar-refractivity contribution in [3.63, 3.8) is 0 Å². The van der Waals surface area contributed by atoms with Crippen LogP contribution < -0.4 is 5.32 Å². The predicted molar refractivity (Wildman–Crippen MR) is 87.3 cm³/mol. The molecule has 3 rings (SSSR count). The van der Waals surface area contributed by atoms with E-state index in [9.17, 15) is 27.6 Å². The predicted octanol–water partition coefficient (Wildman–Crippen LogP) is 2.18. The first kappa shape index (κ1) is 19.2. The van der Waals surface area contributed by atoms with Gasteiger partial charge in [-0.1, -0.05) is 12.1 Å². The first-order valence-corrected chi connectivity index (χ1v) is 8.63. The number of piperidine rings is 1. The number of alkyl halides is 3. The molecule has 1 unspecified atom stereocenters. The van der Waals surface area contributed by atoms with Crippen molar-refractivity contribution in [2.24, 2.45) is 5.41 Å². The zero-order valence-electron chi connectivity index (χ0n) is 14.4. The summed E-state index contributed by atoms with van der Waals surface area (Å²) in [4.78, 5) is 37.4. The molecule has 2 aliphatic rings. The summed E-state index contributed by atoms with van der Waals surface area (Å²) in [6, 6.07) is 3.91. The number of nitrogens with one attached hydrogen (secondary N) is 1. The number of likely N-dealkylation sites (tertiary alicyclic amines) is 1. The Labute approximate surface area is 153 Å². The van der Waals surface area contributed by atoms with Crippen LogP contribution in [0, 0.1) is 5.41 Å². The molecule has 1 heterocycles. The molecule has 27 heavy (non-hydrogen) atoms. The topological polar surface area (TPSA) is 86.7 Å². The van der Waals surface area contributed by atoms with Gasteiger partial charge in [0.15, 0.2) is 0 Å². The van der Waals surface area contributed by atoms with Gasteiger partial charge in [-0.25, -0.2) is 0 Å². The Morgan fingerprint density at radius 2 is 2.00 bits per heavy atom. The summed E-state index contributed by atoms with van der Waals surface area (Å²) in [5, 5.41) is 11.7. The highest BCUT2D eigenvalue weighted by Crippen LogP contribution is 2.46. The number of hydrogen-bond donors (Lipinski definition) is 2. The highest BCUT2D eigenvalue weighted by atomic mass is 19.4. The van der Waals surface area contributed by atoms with Gasteiger partial charge in [0.25, 0.3) is 0 Å². The SMILES string of the molecule is O=C1C(NC(=O)C2(C(=O)O)CC2)CCCN1Cc1cccc(C(F)(F)F)c1. The number of hydrogen-bond acceptors (Lipinski definition) is 3. The summed E-state index contributed by atoms with van der Waals surface area (Å²) in [5.41, 5.74) is -1.88. The average Bonchev–Trinajstić information content (AvgIpc) is 3.40. The Morgan fingerprint density at radius 1 is 1.30 bits per heavy atom. The zero-order chi connectivity index (χ0) is 19.8. The van der Waals surface area contributed by atoms with E-state index in [-0.39, 0.29) is 19.4 Å². The van der Waals surface area contributed by atoms with Gasteiger partial charge < -0.3 is 15.3 Å². The molecule has 0 spiro atoms. The molecule has 1 saturated heterocycles. The summed E-state index contributed by atoms with van der Waals surface area (Å²) >= 11 is 0. The van der Waals surface area contributed by atoms with Crippen LogP contribution in [-0.2, 0) is 27.1 Å². The number of benzene rings is 1. The van der Waals surface area contributed by atoms with Crippen molar-refractivity contribution < 1.29 is 32.7 Å². The minimum Gasteiger partial charge on any atom is -0.480 e. The Hall–Kier alpha value is -2.58. The second-order valence-corrected chi connectivity index (χ2v) is 7.01. The number of carbonyl (C=O) groups excluding carboxylic acids is 2. The van der Waals surface area contributed by atoms with Gasteiger partial charge in [0, 0.05) is 13.1 Å². The van der Waals surface area contributed by atoms with E-state index in [1.807, 2.05) is 0 Å². The molecule has 1 aromatic rings. The Bertz CT molecular complexity index is 774. The number of nitrogens with zero attached hydrogens (tertiary/aromatic N) is 1. The number of aliphatic carboxylic acids is 1. The molecule has 0 bridgehead atoms. The highest BCUT2D eigenvalue weighted by molar-refractivity contribution is 6.06. The Morgan fingerprint density at radius 3 is 2.59 bits per heavy atom. The lowest BCUT2D eigenvalue weighted by Gasteiger charge is -2.33. The van der Waals surface area contributed by atoms with Crippen molar-refractivity contribution in [1.82, 2.24) is 10.2 Å². The minimum atomic E-state index is -4.46. The van der Waals surface area contributed by atoms with E-state index < -0.39 is 41.0 Å². The van der Waals surface area contributed by atoms with Crippen LogP contribution >= 0.6 is 0 Å².